The van der Waals surface area contributed by atoms with Gasteiger partial charge < -0.3 is 20.1 Å². The zero-order valence-corrected chi connectivity index (χ0v) is 13.2. The molecule has 2 N–H and O–H groups in total. The fourth-order valence-electron chi connectivity index (χ4n) is 1.91. The molecule has 0 aliphatic carbocycles. The predicted octanol–water partition coefficient (Wildman–Crippen LogP) is 1.80. The first-order chi connectivity index (χ1) is 9.21. The van der Waals surface area contributed by atoms with Crippen molar-refractivity contribution in [2.75, 3.05) is 33.4 Å². The van der Waals surface area contributed by atoms with Crippen LogP contribution in [0.4, 0.5) is 4.79 Å². The van der Waals surface area contributed by atoms with Crippen LogP contribution in [0.3, 0.4) is 0 Å². The molecule has 6 heteroatoms. The van der Waals surface area contributed by atoms with E-state index in [-0.39, 0.29) is 18.0 Å². The van der Waals surface area contributed by atoms with E-state index in [1.54, 1.807) is 12.0 Å². The molecule has 0 rings (SSSR count). The molecule has 0 saturated heterocycles. The van der Waals surface area contributed by atoms with Crippen molar-refractivity contribution in [1.29, 1.82) is 0 Å². The van der Waals surface area contributed by atoms with Crippen molar-refractivity contribution in [1.82, 2.24) is 10.2 Å². The van der Waals surface area contributed by atoms with Crippen molar-refractivity contribution in [3.8, 4) is 0 Å². The number of hydrogen-bond donors (Lipinski definition) is 2. The summed E-state index contributed by atoms with van der Waals surface area (Å²) in [6.07, 6.45) is 0.521. The van der Waals surface area contributed by atoms with Crippen LogP contribution in [0.5, 0.6) is 0 Å². The number of urea groups is 1. The average Bonchev–Trinajstić information content (AvgIpc) is 2.33. The number of carbonyl (C=O) groups excluding carboxylic acids is 1. The molecule has 6 nitrogen and oxygen atoms in total. The Kier molecular flexibility index (Phi) is 8.22. The summed E-state index contributed by atoms with van der Waals surface area (Å²) >= 11 is 0. The van der Waals surface area contributed by atoms with Crippen LogP contribution in [0.1, 0.15) is 34.1 Å². The number of hydrogen-bond acceptors (Lipinski definition) is 3. The van der Waals surface area contributed by atoms with Gasteiger partial charge in [0, 0.05) is 26.7 Å². The SMILES string of the molecule is CCN(CCOC)C(=O)NCC(CC(C)(C)C)C(=O)O. The van der Waals surface area contributed by atoms with Crippen LogP contribution in [0.15, 0.2) is 0 Å². The first-order valence-corrected chi connectivity index (χ1v) is 6.95. The standard InChI is InChI=1S/C14H28N2O4/c1-6-16(7-8-20-5)13(19)15-10-11(12(17)18)9-14(2,3)4/h11H,6-10H2,1-5H3,(H,15,19)(H,17,18). The maximum absolute atomic E-state index is 11.9. The van der Waals surface area contributed by atoms with Crippen LogP contribution >= 0.6 is 0 Å². The molecule has 0 aromatic rings. The van der Waals surface area contributed by atoms with Crippen LogP contribution in [-0.4, -0.2) is 55.4 Å². The monoisotopic (exact) mass is 288 g/mol. The van der Waals surface area contributed by atoms with E-state index >= 15 is 0 Å². The van der Waals surface area contributed by atoms with Crippen molar-refractivity contribution in [2.45, 2.75) is 34.1 Å². The van der Waals surface area contributed by atoms with Gasteiger partial charge in [0.05, 0.1) is 12.5 Å². The molecule has 118 valence electrons. The number of nitrogens with zero attached hydrogens (tertiary/aromatic N) is 1. The first kappa shape index (κ1) is 18.7. The van der Waals surface area contributed by atoms with Crippen molar-refractivity contribution in [3.63, 3.8) is 0 Å². The second-order valence-corrected chi connectivity index (χ2v) is 6.06. The molecule has 0 radical (unpaired) electrons. The topological polar surface area (TPSA) is 78.9 Å². The van der Waals surface area contributed by atoms with Gasteiger partial charge in [-0.3, -0.25) is 4.79 Å². The average molecular weight is 288 g/mol. The van der Waals surface area contributed by atoms with Gasteiger partial charge in [-0.1, -0.05) is 20.8 Å². The van der Waals surface area contributed by atoms with Crippen LogP contribution in [-0.2, 0) is 9.53 Å². The van der Waals surface area contributed by atoms with Gasteiger partial charge in [0.2, 0.25) is 0 Å². The third-order valence-electron chi connectivity index (χ3n) is 2.94. The Balaban J connectivity index is 4.39. The number of amides is 2. The molecule has 0 aromatic carbocycles. The van der Waals surface area contributed by atoms with Crippen LogP contribution in [0.25, 0.3) is 0 Å². The third-order valence-corrected chi connectivity index (χ3v) is 2.94. The summed E-state index contributed by atoms with van der Waals surface area (Å²) in [4.78, 5) is 24.8. The van der Waals surface area contributed by atoms with E-state index in [0.29, 0.717) is 26.1 Å². The molecule has 0 aliphatic rings. The number of carboxylic acids is 1. The number of likely N-dealkylation sites (N-methyl/N-ethyl adjacent to an activating group) is 1. The summed E-state index contributed by atoms with van der Waals surface area (Å²) < 4.78 is 4.94. The molecule has 2 amide bonds. The third kappa shape index (κ3) is 7.99. The predicted molar refractivity (Wildman–Crippen MR) is 77.7 cm³/mol. The molecule has 20 heavy (non-hydrogen) atoms. The lowest BCUT2D eigenvalue weighted by Crippen LogP contribution is -2.44. The van der Waals surface area contributed by atoms with E-state index < -0.39 is 11.9 Å². The van der Waals surface area contributed by atoms with Gasteiger partial charge in [-0.15, -0.1) is 0 Å². The minimum Gasteiger partial charge on any atom is -0.481 e. The highest BCUT2D eigenvalue weighted by Crippen LogP contribution is 2.24. The van der Waals surface area contributed by atoms with Crippen LogP contribution in [0, 0.1) is 11.3 Å². The molecule has 0 aliphatic heterocycles. The highest BCUT2D eigenvalue weighted by Gasteiger charge is 2.25. The largest absolute Gasteiger partial charge is 0.481 e. The summed E-state index contributed by atoms with van der Waals surface area (Å²) in [7, 11) is 1.58. The number of carbonyl (C=O) groups is 2. The molecule has 1 unspecified atom stereocenters. The van der Waals surface area contributed by atoms with E-state index in [9.17, 15) is 14.7 Å². The van der Waals surface area contributed by atoms with Gasteiger partial charge in [-0.05, 0) is 18.8 Å². The fraction of sp³-hybridized carbons (Fsp3) is 0.857. The smallest absolute Gasteiger partial charge is 0.317 e. The molecule has 0 heterocycles. The van der Waals surface area contributed by atoms with Gasteiger partial charge in [0.15, 0.2) is 0 Å². The fourth-order valence-corrected chi connectivity index (χ4v) is 1.91. The summed E-state index contributed by atoms with van der Waals surface area (Å²) in [5.41, 5.74) is -0.0890. The lowest BCUT2D eigenvalue weighted by Gasteiger charge is -2.25. The van der Waals surface area contributed by atoms with E-state index in [2.05, 4.69) is 5.32 Å². The normalized spacial score (nSPS) is 12.8. The van der Waals surface area contributed by atoms with Crippen LogP contribution in [0.2, 0.25) is 0 Å². The number of aliphatic carboxylic acids is 1. The Bertz CT molecular complexity index is 313. The zero-order chi connectivity index (χ0) is 15.8. The Morgan fingerprint density at radius 3 is 2.35 bits per heavy atom. The van der Waals surface area contributed by atoms with Gasteiger partial charge in [-0.25, -0.2) is 4.79 Å². The molecule has 0 aromatic heterocycles. The number of methoxy groups -OCH3 is 1. The summed E-state index contributed by atoms with van der Waals surface area (Å²) in [6, 6.07) is -0.246. The maximum Gasteiger partial charge on any atom is 0.317 e. The summed E-state index contributed by atoms with van der Waals surface area (Å²) in [5.74, 6) is -1.44. The van der Waals surface area contributed by atoms with E-state index in [0.717, 1.165) is 0 Å². The molecule has 0 saturated carbocycles. The minimum absolute atomic E-state index is 0.0890. The number of nitrogens with one attached hydrogen (secondary N) is 1. The van der Waals surface area contributed by atoms with Gasteiger partial charge >= 0.3 is 12.0 Å². The molecular weight excluding hydrogens is 260 g/mol. The number of ether oxygens (including phenoxy) is 1. The maximum atomic E-state index is 11.9. The highest BCUT2D eigenvalue weighted by atomic mass is 16.5. The number of carboxylic acid groups (broad SMARTS) is 1. The summed E-state index contributed by atoms with van der Waals surface area (Å²) in [6.45, 7) is 9.51. The van der Waals surface area contributed by atoms with E-state index in [4.69, 9.17) is 4.74 Å². The molecule has 0 fully saturated rings. The van der Waals surface area contributed by atoms with Crippen LogP contribution < -0.4 is 5.32 Å². The highest BCUT2D eigenvalue weighted by molar-refractivity contribution is 5.76. The minimum atomic E-state index is -0.875. The van der Waals surface area contributed by atoms with Gasteiger partial charge in [0.25, 0.3) is 0 Å². The quantitative estimate of drug-likeness (QED) is 0.714. The zero-order valence-electron chi connectivity index (χ0n) is 13.2. The second-order valence-electron chi connectivity index (χ2n) is 6.06. The molecule has 0 bridgehead atoms. The molecule has 1 atom stereocenters. The molecule has 0 spiro atoms. The Morgan fingerprint density at radius 1 is 1.35 bits per heavy atom. The summed E-state index contributed by atoms with van der Waals surface area (Å²) in [5, 5.41) is 11.9. The van der Waals surface area contributed by atoms with E-state index in [1.807, 2.05) is 27.7 Å². The molecular formula is C14H28N2O4. The Morgan fingerprint density at radius 2 is 1.95 bits per heavy atom. The first-order valence-electron chi connectivity index (χ1n) is 6.95. The Labute approximate surface area is 121 Å². The van der Waals surface area contributed by atoms with Gasteiger partial charge in [-0.2, -0.15) is 0 Å². The number of rotatable bonds is 8. The van der Waals surface area contributed by atoms with Crippen molar-refractivity contribution >= 4 is 12.0 Å². The Hall–Kier alpha value is -1.30. The van der Waals surface area contributed by atoms with Gasteiger partial charge in [0.1, 0.15) is 0 Å². The van der Waals surface area contributed by atoms with Crippen molar-refractivity contribution in [2.24, 2.45) is 11.3 Å². The van der Waals surface area contributed by atoms with Crippen molar-refractivity contribution < 1.29 is 19.4 Å². The lowest BCUT2D eigenvalue weighted by atomic mass is 9.84. The second kappa shape index (κ2) is 8.79. The lowest BCUT2D eigenvalue weighted by molar-refractivity contribution is -0.142. The van der Waals surface area contributed by atoms with Crippen molar-refractivity contribution in [3.05, 3.63) is 0 Å². The van der Waals surface area contributed by atoms with E-state index in [1.165, 1.54) is 0 Å².